The van der Waals surface area contributed by atoms with Crippen molar-refractivity contribution >= 4 is 17.1 Å². The Hall–Kier alpha value is -3.65. The number of aromatic nitrogens is 4. The number of hydrogen-bond acceptors (Lipinski definition) is 5. The lowest BCUT2D eigenvalue weighted by molar-refractivity contribution is 0.253. The van der Waals surface area contributed by atoms with Gasteiger partial charge in [-0.2, -0.15) is 4.98 Å². The van der Waals surface area contributed by atoms with Crippen molar-refractivity contribution in [3.05, 3.63) is 92.1 Å². The van der Waals surface area contributed by atoms with E-state index in [2.05, 4.69) is 76.3 Å². The van der Waals surface area contributed by atoms with Crippen molar-refractivity contribution < 1.29 is 0 Å². The van der Waals surface area contributed by atoms with Crippen molar-refractivity contribution in [3.63, 3.8) is 0 Å². The van der Waals surface area contributed by atoms with Gasteiger partial charge < -0.3 is 4.90 Å². The molecule has 0 amide bonds. The van der Waals surface area contributed by atoms with Gasteiger partial charge >= 0.3 is 5.69 Å². The first-order valence-corrected chi connectivity index (χ1v) is 12.3. The lowest BCUT2D eigenvalue weighted by Crippen LogP contribution is -2.47. The second kappa shape index (κ2) is 9.92. The quantitative estimate of drug-likeness (QED) is 0.447. The summed E-state index contributed by atoms with van der Waals surface area (Å²) in [6.45, 7) is 7.18. The van der Waals surface area contributed by atoms with Gasteiger partial charge in [0.25, 0.3) is 5.56 Å². The van der Waals surface area contributed by atoms with E-state index in [0.29, 0.717) is 17.7 Å². The van der Waals surface area contributed by atoms with E-state index in [0.717, 1.165) is 57.1 Å². The number of rotatable bonds is 7. The van der Waals surface area contributed by atoms with Crippen LogP contribution >= 0.6 is 0 Å². The van der Waals surface area contributed by atoms with E-state index in [1.807, 2.05) is 4.57 Å². The Bertz CT molecular complexity index is 1410. The molecule has 1 aliphatic rings. The molecule has 1 fully saturated rings. The van der Waals surface area contributed by atoms with E-state index in [4.69, 9.17) is 4.98 Å². The van der Waals surface area contributed by atoms with Gasteiger partial charge in [-0.15, -0.1) is 0 Å². The molecule has 2 aromatic heterocycles. The maximum atomic E-state index is 12.8. The number of piperazine rings is 1. The summed E-state index contributed by atoms with van der Waals surface area (Å²) in [5, 5.41) is 0. The topological polar surface area (TPSA) is 79.2 Å². The van der Waals surface area contributed by atoms with Crippen molar-refractivity contribution in [1.82, 2.24) is 24.0 Å². The van der Waals surface area contributed by atoms with Crippen LogP contribution in [0.5, 0.6) is 0 Å². The molecule has 5 rings (SSSR count). The average molecular weight is 473 g/mol. The van der Waals surface area contributed by atoms with Gasteiger partial charge in [-0.3, -0.25) is 23.8 Å². The molecular formula is C27H32N6O2. The Labute approximate surface area is 204 Å². The zero-order valence-corrected chi connectivity index (χ0v) is 20.4. The highest BCUT2D eigenvalue weighted by Crippen LogP contribution is 2.23. The van der Waals surface area contributed by atoms with Crippen LogP contribution in [0.3, 0.4) is 0 Å². The molecule has 0 saturated carbocycles. The van der Waals surface area contributed by atoms with Crippen molar-refractivity contribution in [3.8, 4) is 0 Å². The molecule has 0 unspecified atom stereocenters. The van der Waals surface area contributed by atoms with Crippen LogP contribution in [0, 0.1) is 6.92 Å². The van der Waals surface area contributed by atoms with Crippen LogP contribution in [0.2, 0.25) is 0 Å². The number of benzene rings is 2. The molecule has 35 heavy (non-hydrogen) atoms. The Kier molecular flexibility index (Phi) is 6.55. The van der Waals surface area contributed by atoms with Crippen LogP contribution in [0.1, 0.15) is 23.1 Å². The number of imidazole rings is 1. The third-order valence-electron chi connectivity index (χ3n) is 6.89. The standard InChI is InChI=1S/C27H32N6O2/c1-20-10-12-22(13-11-20)19-33-23-24(30(2)27(35)29-25(23)34)28-26(33)32-17-15-31(16-18-32)14-6-9-21-7-4-3-5-8-21/h3-5,7-8,10-13H,6,9,14-19H2,1-2H3,(H,29,34,35). The zero-order chi connectivity index (χ0) is 24.4. The molecule has 1 saturated heterocycles. The number of fused-ring (bicyclic) bond motifs is 1. The second-order valence-electron chi connectivity index (χ2n) is 9.39. The Morgan fingerprint density at radius 1 is 0.914 bits per heavy atom. The number of H-pyrrole nitrogens is 1. The highest BCUT2D eigenvalue weighted by atomic mass is 16.2. The summed E-state index contributed by atoms with van der Waals surface area (Å²) in [6.07, 6.45) is 2.22. The van der Waals surface area contributed by atoms with E-state index >= 15 is 0 Å². The molecule has 0 bridgehead atoms. The average Bonchev–Trinajstić information content (AvgIpc) is 3.25. The summed E-state index contributed by atoms with van der Waals surface area (Å²) in [4.78, 5) is 37.1. The normalized spacial score (nSPS) is 14.6. The molecule has 3 heterocycles. The second-order valence-corrected chi connectivity index (χ2v) is 9.39. The minimum Gasteiger partial charge on any atom is -0.340 e. The molecular weight excluding hydrogens is 440 g/mol. The highest BCUT2D eigenvalue weighted by Gasteiger charge is 2.25. The summed E-state index contributed by atoms with van der Waals surface area (Å²) in [5.41, 5.74) is 3.67. The number of aromatic amines is 1. The molecule has 8 heteroatoms. The minimum absolute atomic E-state index is 0.395. The monoisotopic (exact) mass is 472 g/mol. The SMILES string of the molecule is Cc1ccc(Cn2c(N3CCN(CCCc4ccccc4)CC3)nc3c2c(=O)[nH]c(=O)n3C)cc1. The lowest BCUT2D eigenvalue weighted by Gasteiger charge is -2.35. The summed E-state index contributed by atoms with van der Waals surface area (Å²) >= 11 is 0. The lowest BCUT2D eigenvalue weighted by atomic mass is 10.1. The van der Waals surface area contributed by atoms with E-state index < -0.39 is 11.2 Å². The predicted molar refractivity (Wildman–Crippen MR) is 139 cm³/mol. The largest absolute Gasteiger partial charge is 0.340 e. The summed E-state index contributed by atoms with van der Waals surface area (Å²) in [6, 6.07) is 18.9. The molecule has 0 atom stereocenters. The van der Waals surface area contributed by atoms with Crippen LogP contribution in [0.25, 0.3) is 11.2 Å². The van der Waals surface area contributed by atoms with E-state index in [1.54, 1.807) is 7.05 Å². The summed E-state index contributed by atoms with van der Waals surface area (Å²) in [7, 11) is 1.65. The fourth-order valence-electron chi connectivity index (χ4n) is 4.81. The number of nitrogens with zero attached hydrogens (tertiary/aromatic N) is 5. The van der Waals surface area contributed by atoms with Gasteiger partial charge in [0.2, 0.25) is 5.95 Å². The van der Waals surface area contributed by atoms with Crippen molar-refractivity contribution in [2.45, 2.75) is 26.3 Å². The van der Waals surface area contributed by atoms with Crippen LogP contribution in [0.15, 0.2) is 64.2 Å². The number of aryl methyl sites for hydroxylation is 3. The molecule has 8 nitrogen and oxygen atoms in total. The molecule has 0 radical (unpaired) electrons. The molecule has 1 N–H and O–H groups in total. The molecule has 0 aliphatic carbocycles. The van der Waals surface area contributed by atoms with Gasteiger partial charge in [0.05, 0.1) is 6.54 Å². The molecule has 0 spiro atoms. The predicted octanol–water partition coefficient (Wildman–Crippen LogP) is 2.53. The third kappa shape index (κ3) is 4.93. The molecule has 4 aromatic rings. The van der Waals surface area contributed by atoms with Gasteiger partial charge in [0, 0.05) is 33.2 Å². The third-order valence-corrected chi connectivity index (χ3v) is 6.89. The van der Waals surface area contributed by atoms with Crippen LogP contribution in [-0.4, -0.2) is 56.7 Å². The maximum absolute atomic E-state index is 12.8. The van der Waals surface area contributed by atoms with Crippen LogP contribution in [0.4, 0.5) is 5.95 Å². The van der Waals surface area contributed by atoms with Gasteiger partial charge in [-0.05, 0) is 37.4 Å². The highest BCUT2D eigenvalue weighted by molar-refractivity contribution is 5.74. The van der Waals surface area contributed by atoms with Gasteiger partial charge in [-0.1, -0.05) is 60.2 Å². The van der Waals surface area contributed by atoms with E-state index in [9.17, 15) is 9.59 Å². The van der Waals surface area contributed by atoms with Crippen molar-refractivity contribution in [2.75, 3.05) is 37.6 Å². The van der Waals surface area contributed by atoms with Crippen molar-refractivity contribution in [2.24, 2.45) is 7.05 Å². The van der Waals surface area contributed by atoms with Crippen molar-refractivity contribution in [1.29, 1.82) is 0 Å². The number of nitrogens with one attached hydrogen (secondary N) is 1. The minimum atomic E-state index is -0.447. The fraction of sp³-hybridized carbons (Fsp3) is 0.370. The number of hydrogen-bond donors (Lipinski definition) is 1. The van der Waals surface area contributed by atoms with Gasteiger partial charge in [0.15, 0.2) is 11.2 Å². The van der Waals surface area contributed by atoms with E-state index in [-0.39, 0.29) is 0 Å². The van der Waals surface area contributed by atoms with E-state index in [1.165, 1.54) is 15.7 Å². The summed E-state index contributed by atoms with van der Waals surface area (Å²) < 4.78 is 3.38. The first-order valence-electron chi connectivity index (χ1n) is 12.3. The van der Waals surface area contributed by atoms with Gasteiger partial charge in [0.1, 0.15) is 0 Å². The Morgan fingerprint density at radius 2 is 1.63 bits per heavy atom. The van der Waals surface area contributed by atoms with Crippen LogP contribution < -0.4 is 16.1 Å². The first-order chi connectivity index (χ1) is 17.0. The Balaban J connectivity index is 1.36. The fourth-order valence-corrected chi connectivity index (χ4v) is 4.81. The molecule has 2 aromatic carbocycles. The summed E-state index contributed by atoms with van der Waals surface area (Å²) in [5.74, 6) is 0.746. The molecule has 182 valence electrons. The maximum Gasteiger partial charge on any atom is 0.329 e. The smallest absolute Gasteiger partial charge is 0.329 e. The first kappa shape index (κ1) is 23.1. The van der Waals surface area contributed by atoms with Gasteiger partial charge in [-0.25, -0.2) is 4.79 Å². The Morgan fingerprint density at radius 3 is 2.34 bits per heavy atom. The van der Waals surface area contributed by atoms with Crippen LogP contribution in [-0.2, 0) is 20.0 Å². The zero-order valence-electron chi connectivity index (χ0n) is 20.4. The number of anilines is 1. The molecule has 1 aliphatic heterocycles.